The van der Waals surface area contributed by atoms with Crippen molar-refractivity contribution in [2.24, 2.45) is 0 Å². The van der Waals surface area contributed by atoms with E-state index in [9.17, 15) is 5.11 Å². The number of aliphatic hydroxyl groups is 1. The molecule has 0 radical (unpaired) electrons. The summed E-state index contributed by atoms with van der Waals surface area (Å²) in [5.74, 6) is 1.31. The van der Waals surface area contributed by atoms with Gasteiger partial charge in [-0.05, 0) is 30.7 Å². The third kappa shape index (κ3) is 3.03. The molecule has 1 heterocycles. The maximum Gasteiger partial charge on any atom is 0.143 e. The highest BCUT2D eigenvalue weighted by Crippen LogP contribution is 2.30. The topological polar surface area (TPSA) is 51.6 Å². The number of hydrogen-bond acceptors (Lipinski definition) is 4. The molecule has 1 N–H and O–H groups in total. The lowest BCUT2D eigenvalue weighted by atomic mass is 10.0. The highest BCUT2D eigenvalue weighted by molar-refractivity contribution is 5.40. The molecule has 19 heavy (non-hydrogen) atoms. The van der Waals surface area contributed by atoms with E-state index in [1.165, 1.54) is 0 Å². The fourth-order valence-corrected chi connectivity index (χ4v) is 1.91. The predicted molar refractivity (Wildman–Crippen MR) is 72.5 cm³/mol. The molecule has 4 nitrogen and oxygen atoms in total. The van der Waals surface area contributed by atoms with E-state index in [1.54, 1.807) is 25.6 Å². The van der Waals surface area contributed by atoms with Gasteiger partial charge in [0, 0.05) is 11.8 Å². The van der Waals surface area contributed by atoms with Gasteiger partial charge in [-0.3, -0.25) is 4.98 Å². The van der Waals surface area contributed by atoms with E-state index >= 15 is 0 Å². The molecule has 1 atom stereocenters. The third-order valence-electron chi connectivity index (χ3n) is 2.82. The molecule has 0 amide bonds. The number of ether oxygens (including phenoxy) is 2. The van der Waals surface area contributed by atoms with Gasteiger partial charge in [-0.25, -0.2) is 0 Å². The van der Waals surface area contributed by atoms with Gasteiger partial charge in [-0.1, -0.05) is 12.1 Å². The van der Waals surface area contributed by atoms with Crippen LogP contribution in [0.5, 0.6) is 11.5 Å². The molecule has 0 saturated carbocycles. The van der Waals surface area contributed by atoms with Gasteiger partial charge in [0.05, 0.1) is 19.9 Å². The van der Waals surface area contributed by atoms with Crippen LogP contribution >= 0.6 is 0 Å². The molecular formula is C15H17NO3. The van der Waals surface area contributed by atoms with Gasteiger partial charge in [-0.15, -0.1) is 0 Å². The number of benzene rings is 1. The Labute approximate surface area is 112 Å². The lowest BCUT2D eigenvalue weighted by Gasteiger charge is -2.15. The molecular weight excluding hydrogens is 242 g/mol. The average molecular weight is 259 g/mol. The second-order valence-electron chi connectivity index (χ2n) is 4.03. The molecule has 1 aromatic carbocycles. The second kappa shape index (κ2) is 6.20. The molecule has 1 unspecified atom stereocenters. The molecule has 100 valence electrons. The molecule has 0 aliphatic rings. The second-order valence-corrected chi connectivity index (χ2v) is 4.03. The zero-order valence-corrected chi connectivity index (χ0v) is 11.0. The zero-order chi connectivity index (χ0) is 13.7. The molecule has 4 heteroatoms. The van der Waals surface area contributed by atoms with Crippen molar-refractivity contribution in [1.29, 1.82) is 0 Å². The minimum Gasteiger partial charge on any atom is -0.495 e. The summed E-state index contributed by atoms with van der Waals surface area (Å²) in [6.07, 6.45) is 2.46. The van der Waals surface area contributed by atoms with E-state index in [1.807, 2.05) is 31.2 Å². The largest absolute Gasteiger partial charge is 0.495 e. The SMILES string of the molecule is CCOc1cccc(C(O)c2ccncc2OC)c1. The van der Waals surface area contributed by atoms with Crippen LogP contribution < -0.4 is 9.47 Å². The van der Waals surface area contributed by atoms with Gasteiger partial charge < -0.3 is 14.6 Å². The molecule has 0 fully saturated rings. The van der Waals surface area contributed by atoms with Crippen LogP contribution in [0.25, 0.3) is 0 Å². The molecule has 2 aromatic rings. The van der Waals surface area contributed by atoms with E-state index < -0.39 is 6.10 Å². The third-order valence-corrected chi connectivity index (χ3v) is 2.82. The number of nitrogens with zero attached hydrogens (tertiary/aromatic N) is 1. The first-order valence-electron chi connectivity index (χ1n) is 6.15. The Bertz CT molecular complexity index is 542. The summed E-state index contributed by atoms with van der Waals surface area (Å²) >= 11 is 0. The molecule has 0 aliphatic heterocycles. The van der Waals surface area contributed by atoms with Gasteiger partial charge in [0.15, 0.2) is 0 Å². The van der Waals surface area contributed by atoms with E-state index in [0.717, 1.165) is 11.3 Å². The lowest BCUT2D eigenvalue weighted by molar-refractivity contribution is 0.213. The van der Waals surface area contributed by atoms with E-state index in [2.05, 4.69) is 4.98 Å². The fourth-order valence-electron chi connectivity index (χ4n) is 1.91. The van der Waals surface area contributed by atoms with E-state index in [0.29, 0.717) is 17.9 Å². The van der Waals surface area contributed by atoms with Gasteiger partial charge in [0.1, 0.15) is 17.6 Å². The van der Waals surface area contributed by atoms with Crippen LogP contribution in [0.2, 0.25) is 0 Å². The maximum atomic E-state index is 10.4. The number of pyridine rings is 1. The first-order valence-corrected chi connectivity index (χ1v) is 6.15. The smallest absolute Gasteiger partial charge is 0.143 e. The number of methoxy groups -OCH3 is 1. The Morgan fingerprint density at radius 1 is 1.32 bits per heavy atom. The highest BCUT2D eigenvalue weighted by Gasteiger charge is 2.15. The predicted octanol–water partition coefficient (Wildman–Crippen LogP) is 2.57. The van der Waals surface area contributed by atoms with Crippen LogP contribution in [0.15, 0.2) is 42.7 Å². The Hall–Kier alpha value is -2.07. The summed E-state index contributed by atoms with van der Waals surface area (Å²) in [6.45, 7) is 2.52. The van der Waals surface area contributed by atoms with Gasteiger partial charge in [0.25, 0.3) is 0 Å². The minimum atomic E-state index is -0.765. The standard InChI is InChI=1S/C15H17NO3/c1-3-19-12-6-4-5-11(9-12)15(17)13-7-8-16-10-14(13)18-2/h4-10,15,17H,3H2,1-2H3. The summed E-state index contributed by atoms with van der Waals surface area (Å²) in [7, 11) is 1.56. The Morgan fingerprint density at radius 2 is 2.16 bits per heavy atom. The van der Waals surface area contributed by atoms with E-state index in [-0.39, 0.29) is 0 Å². The van der Waals surface area contributed by atoms with Crippen molar-refractivity contribution in [2.75, 3.05) is 13.7 Å². The van der Waals surface area contributed by atoms with Gasteiger partial charge in [-0.2, -0.15) is 0 Å². The Kier molecular flexibility index (Phi) is 4.36. The number of aliphatic hydroxyl groups excluding tert-OH is 1. The van der Waals surface area contributed by atoms with Crippen LogP contribution in [0.1, 0.15) is 24.2 Å². The fraction of sp³-hybridized carbons (Fsp3) is 0.267. The quantitative estimate of drug-likeness (QED) is 0.896. The Balaban J connectivity index is 2.32. The molecule has 0 spiro atoms. The van der Waals surface area contributed by atoms with Crippen LogP contribution in [0.4, 0.5) is 0 Å². The van der Waals surface area contributed by atoms with Crippen LogP contribution in [-0.4, -0.2) is 23.8 Å². The molecule has 2 rings (SSSR count). The van der Waals surface area contributed by atoms with Crippen molar-refractivity contribution in [3.8, 4) is 11.5 Å². The number of aromatic nitrogens is 1. The van der Waals surface area contributed by atoms with Crippen molar-refractivity contribution >= 4 is 0 Å². The first-order chi connectivity index (χ1) is 9.26. The summed E-state index contributed by atoms with van der Waals surface area (Å²) in [5, 5.41) is 10.4. The van der Waals surface area contributed by atoms with Crippen molar-refractivity contribution in [1.82, 2.24) is 4.98 Å². The van der Waals surface area contributed by atoms with E-state index in [4.69, 9.17) is 9.47 Å². The minimum absolute atomic E-state index is 0.566. The normalized spacial score (nSPS) is 11.9. The summed E-state index contributed by atoms with van der Waals surface area (Å²) in [4.78, 5) is 3.98. The van der Waals surface area contributed by atoms with Crippen molar-refractivity contribution in [2.45, 2.75) is 13.0 Å². The number of rotatable bonds is 5. The van der Waals surface area contributed by atoms with Crippen molar-refractivity contribution in [3.63, 3.8) is 0 Å². The molecule has 0 bridgehead atoms. The van der Waals surface area contributed by atoms with Gasteiger partial charge in [0.2, 0.25) is 0 Å². The molecule has 0 saturated heterocycles. The molecule has 0 aliphatic carbocycles. The Morgan fingerprint density at radius 3 is 2.89 bits per heavy atom. The maximum absolute atomic E-state index is 10.4. The van der Waals surface area contributed by atoms with Crippen LogP contribution in [0.3, 0.4) is 0 Å². The first kappa shape index (κ1) is 13.4. The number of hydrogen-bond donors (Lipinski definition) is 1. The molecule has 1 aromatic heterocycles. The van der Waals surface area contributed by atoms with Crippen molar-refractivity contribution < 1.29 is 14.6 Å². The summed E-state index contributed by atoms with van der Waals surface area (Å²) in [6, 6.07) is 9.15. The average Bonchev–Trinajstić information content (AvgIpc) is 2.47. The summed E-state index contributed by atoms with van der Waals surface area (Å²) in [5.41, 5.74) is 1.45. The van der Waals surface area contributed by atoms with Crippen LogP contribution in [0, 0.1) is 0 Å². The highest BCUT2D eigenvalue weighted by atomic mass is 16.5. The zero-order valence-electron chi connectivity index (χ0n) is 11.0. The van der Waals surface area contributed by atoms with Crippen LogP contribution in [-0.2, 0) is 0 Å². The van der Waals surface area contributed by atoms with Crippen molar-refractivity contribution in [3.05, 3.63) is 53.9 Å². The summed E-state index contributed by atoms with van der Waals surface area (Å²) < 4.78 is 10.6. The monoisotopic (exact) mass is 259 g/mol. The van der Waals surface area contributed by atoms with Gasteiger partial charge >= 0.3 is 0 Å². The lowest BCUT2D eigenvalue weighted by Crippen LogP contribution is -2.03.